The van der Waals surface area contributed by atoms with E-state index in [2.05, 4.69) is 37.1 Å². The lowest BCUT2D eigenvalue weighted by molar-refractivity contribution is -0.124. The van der Waals surface area contributed by atoms with Gasteiger partial charge in [-0.1, -0.05) is 11.6 Å². The van der Waals surface area contributed by atoms with Gasteiger partial charge < -0.3 is 33.9 Å². The van der Waals surface area contributed by atoms with Crippen molar-refractivity contribution in [2.75, 3.05) is 66.2 Å². The maximum Gasteiger partial charge on any atom is 0.410 e. The van der Waals surface area contributed by atoms with Crippen molar-refractivity contribution < 1.29 is 33.3 Å². The first kappa shape index (κ1) is 27.4. The van der Waals surface area contributed by atoms with Crippen molar-refractivity contribution in [2.45, 2.75) is 69.5 Å². The maximum atomic E-state index is 13.2. The summed E-state index contributed by atoms with van der Waals surface area (Å²) in [6, 6.07) is 0. The normalized spacial score (nSPS) is 42.6. The number of fused-ring (bicyclic) bond motifs is 1. The van der Waals surface area contributed by atoms with Crippen molar-refractivity contribution in [2.24, 2.45) is 23.7 Å². The van der Waals surface area contributed by atoms with Crippen LogP contribution in [0.2, 0.25) is 0 Å². The maximum absolute atomic E-state index is 13.2. The van der Waals surface area contributed by atoms with Gasteiger partial charge in [-0.2, -0.15) is 0 Å². The molecule has 39 heavy (non-hydrogen) atoms. The first-order valence-electron chi connectivity index (χ1n) is 14.8. The van der Waals surface area contributed by atoms with E-state index in [9.17, 15) is 9.59 Å². The van der Waals surface area contributed by atoms with Gasteiger partial charge in [0.05, 0.1) is 31.8 Å². The van der Waals surface area contributed by atoms with Crippen LogP contribution in [0.3, 0.4) is 0 Å². The number of amides is 2. The molecule has 0 aromatic rings. The van der Waals surface area contributed by atoms with Crippen LogP contribution in [-0.2, 0) is 28.5 Å². The van der Waals surface area contributed by atoms with Crippen molar-refractivity contribution >= 4 is 12.0 Å². The molecule has 4 aliphatic heterocycles. The Kier molecular flexibility index (Phi) is 7.46. The zero-order chi connectivity index (χ0) is 27.4. The monoisotopic (exact) mass is 547 g/mol. The minimum atomic E-state index is -0.355. The molecular formula is C29H45N3O7. The topological polar surface area (TPSA) is 105 Å². The number of epoxide rings is 2. The van der Waals surface area contributed by atoms with E-state index in [1.54, 1.807) is 12.0 Å². The zero-order valence-electron chi connectivity index (χ0n) is 23.9. The number of rotatable bonds is 9. The van der Waals surface area contributed by atoms with Crippen molar-refractivity contribution in [3.63, 3.8) is 0 Å². The summed E-state index contributed by atoms with van der Waals surface area (Å²) in [6.45, 7) is 13.1. The average molecular weight is 548 g/mol. The molecule has 4 saturated heterocycles. The van der Waals surface area contributed by atoms with Crippen LogP contribution in [0.25, 0.3) is 0 Å². The molecule has 2 amide bonds. The highest BCUT2D eigenvalue weighted by molar-refractivity contribution is 5.83. The highest BCUT2D eigenvalue weighted by Crippen LogP contribution is 2.60. The SMILES string of the molecule is CO[C@@H]1[C@H](OC(=O)N2C[C@@H]3[C@H](C2)[C@H]3C(=O)NCCN2CCOCC2)CC[C@]2(CO2)[C@H]1[C@@]1(C)O[C@@H]1CC=C(C)C. The molecule has 9 atom stereocenters. The fourth-order valence-electron chi connectivity index (χ4n) is 7.62. The van der Waals surface area contributed by atoms with E-state index in [0.29, 0.717) is 32.7 Å². The molecule has 10 nitrogen and oxygen atoms in total. The molecule has 0 radical (unpaired) electrons. The molecule has 1 N–H and O–H groups in total. The van der Waals surface area contributed by atoms with E-state index in [4.69, 9.17) is 23.7 Å². The first-order chi connectivity index (χ1) is 18.8. The summed E-state index contributed by atoms with van der Waals surface area (Å²) in [5.74, 6) is 0.610. The molecule has 1 spiro atoms. The number of piperidine rings is 1. The van der Waals surface area contributed by atoms with Gasteiger partial charge in [-0.15, -0.1) is 0 Å². The van der Waals surface area contributed by atoms with E-state index >= 15 is 0 Å². The van der Waals surface area contributed by atoms with Gasteiger partial charge in [-0.05, 0) is 51.9 Å². The second-order valence-corrected chi connectivity index (χ2v) is 12.8. The van der Waals surface area contributed by atoms with Crippen LogP contribution in [0, 0.1) is 23.7 Å². The van der Waals surface area contributed by atoms with Gasteiger partial charge in [0.25, 0.3) is 0 Å². The number of likely N-dealkylation sites (tertiary alicyclic amines) is 1. The molecule has 6 rings (SSSR count). The van der Waals surface area contributed by atoms with E-state index < -0.39 is 0 Å². The number of hydrogen-bond donors (Lipinski definition) is 1. The molecule has 2 aliphatic carbocycles. The molecule has 6 aliphatic rings. The Hall–Kier alpha value is -1.72. The molecule has 4 heterocycles. The number of morpholine rings is 1. The average Bonchev–Trinajstić information content (AvgIpc) is 3.88. The third kappa shape index (κ3) is 5.35. The Balaban J connectivity index is 0.992. The summed E-state index contributed by atoms with van der Waals surface area (Å²) < 4.78 is 29.8. The van der Waals surface area contributed by atoms with Crippen molar-refractivity contribution in [3.05, 3.63) is 11.6 Å². The third-order valence-electron chi connectivity index (χ3n) is 10.1. The minimum Gasteiger partial charge on any atom is -0.443 e. The summed E-state index contributed by atoms with van der Waals surface area (Å²) >= 11 is 0. The quantitative estimate of drug-likeness (QED) is 0.344. The molecule has 10 heteroatoms. The van der Waals surface area contributed by atoms with Crippen LogP contribution in [0.1, 0.15) is 40.0 Å². The van der Waals surface area contributed by atoms with Crippen LogP contribution in [0.5, 0.6) is 0 Å². The predicted octanol–water partition coefficient (Wildman–Crippen LogP) is 1.83. The standard InChI is InChI=1S/C29H45N3O7/c1-18(2)5-6-22-28(3,39-22)25-24(35-4)21(7-8-29(25)17-37-29)38-27(34)32-15-19-20(16-32)23(19)26(33)30-9-10-31-11-13-36-14-12-31/h5,19-25H,6-17H2,1-4H3,(H,30,33)/t19-,20+,21-,22-,23+,24-,25-,28+,29+/m1/s1. The molecule has 0 aromatic heterocycles. The van der Waals surface area contributed by atoms with Gasteiger partial charge in [0.1, 0.15) is 23.4 Å². The number of allylic oxidation sites excluding steroid dienone is 1. The van der Waals surface area contributed by atoms with Crippen molar-refractivity contribution in [1.82, 2.24) is 15.1 Å². The van der Waals surface area contributed by atoms with E-state index in [1.807, 2.05) is 0 Å². The largest absolute Gasteiger partial charge is 0.443 e. The number of hydrogen-bond acceptors (Lipinski definition) is 8. The van der Waals surface area contributed by atoms with Crippen LogP contribution < -0.4 is 5.32 Å². The number of methoxy groups -OCH3 is 1. The minimum absolute atomic E-state index is 0.00892. The summed E-state index contributed by atoms with van der Waals surface area (Å²) in [5.41, 5.74) is 0.682. The van der Waals surface area contributed by atoms with E-state index in [-0.39, 0.29) is 65.2 Å². The van der Waals surface area contributed by atoms with Gasteiger partial charge in [-0.3, -0.25) is 9.69 Å². The number of carbonyl (C=O) groups is 2. The number of nitrogens with one attached hydrogen (secondary N) is 1. The van der Waals surface area contributed by atoms with E-state index in [1.165, 1.54) is 5.57 Å². The summed E-state index contributed by atoms with van der Waals surface area (Å²) in [7, 11) is 1.70. The Labute approximate surface area is 231 Å². The molecule has 2 saturated carbocycles. The number of nitrogens with zero attached hydrogens (tertiary/aromatic N) is 2. The fourth-order valence-corrected chi connectivity index (χ4v) is 7.62. The number of ether oxygens (including phenoxy) is 5. The highest BCUT2D eigenvalue weighted by Gasteiger charge is 2.72. The second kappa shape index (κ2) is 10.6. The second-order valence-electron chi connectivity index (χ2n) is 12.8. The molecule has 0 bridgehead atoms. The van der Waals surface area contributed by atoms with Crippen LogP contribution >= 0.6 is 0 Å². The Bertz CT molecular complexity index is 964. The fraction of sp³-hybridized carbons (Fsp3) is 0.862. The van der Waals surface area contributed by atoms with Crippen LogP contribution in [0.15, 0.2) is 11.6 Å². The highest BCUT2D eigenvalue weighted by atomic mass is 16.6. The first-order valence-corrected chi connectivity index (χ1v) is 14.8. The Morgan fingerprint density at radius 3 is 2.51 bits per heavy atom. The van der Waals surface area contributed by atoms with Crippen molar-refractivity contribution in [1.29, 1.82) is 0 Å². The molecular weight excluding hydrogens is 502 g/mol. The van der Waals surface area contributed by atoms with Crippen LogP contribution in [0.4, 0.5) is 4.79 Å². The van der Waals surface area contributed by atoms with Gasteiger partial charge in [0.2, 0.25) is 5.91 Å². The lowest BCUT2D eigenvalue weighted by Gasteiger charge is -2.43. The van der Waals surface area contributed by atoms with Gasteiger partial charge in [-0.25, -0.2) is 4.79 Å². The third-order valence-corrected chi connectivity index (χ3v) is 10.1. The Morgan fingerprint density at radius 2 is 1.87 bits per heavy atom. The number of carbonyl (C=O) groups excluding carboxylic acids is 2. The molecule has 0 aromatic carbocycles. The zero-order valence-corrected chi connectivity index (χ0v) is 23.9. The summed E-state index contributed by atoms with van der Waals surface area (Å²) in [4.78, 5) is 30.0. The smallest absolute Gasteiger partial charge is 0.410 e. The predicted molar refractivity (Wildman–Crippen MR) is 142 cm³/mol. The molecule has 218 valence electrons. The van der Waals surface area contributed by atoms with Gasteiger partial charge >= 0.3 is 6.09 Å². The van der Waals surface area contributed by atoms with Gasteiger partial charge in [0, 0.05) is 52.3 Å². The van der Waals surface area contributed by atoms with E-state index in [0.717, 1.165) is 45.7 Å². The van der Waals surface area contributed by atoms with Crippen molar-refractivity contribution in [3.8, 4) is 0 Å². The summed E-state index contributed by atoms with van der Waals surface area (Å²) in [5, 5.41) is 3.10. The van der Waals surface area contributed by atoms with Gasteiger partial charge in [0.15, 0.2) is 0 Å². The van der Waals surface area contributed by atoms with Crippen LogP contribution in [-0.4, -0.2) is 118 Å². The lowest BCUT2D eigenvalue weighted by atomic mass is 9.68. The Morgan fingerprint density at radius 1 is 1.15 bits per heavy atom. The lowest BCUT2D eigenvalue weighted by Crippen LogP contribution is -2.56. The molecule has 0 unspecified atom stereocenters. The summed E-state index contributed by atoms with van der Waals surface area (Å²) in [6.07, 6.45) is 3.83. The molecule has 6 fully saturated rings.